The van der Waals surface area contributed by atoms with Crippen LogP contribution >= 0.6 is 0 Å². The van der Waals surface area contributed by atoms with Crippen molar-refractivity contribution in [3.63, 3.8) is 0 Å². The van der Waals surface area contributed by atoms with Crippen LogP contribution < -0.4 is 4.74 Å². The van der Waals surface area contributed by atoms with Crippen LogP contribution in [-0.4, -0.2) is 26.5 Å². The summed E-state index contributed by atoms with van der Waals surface area (Å²) in [6, 6.07) is 3.80. The first-order chi connectivity index (χ1) is 9.40. The Morgan fingerprint density at radius 2 is 2.16 bits per heavy atom. The van der Waals surface area contributed by atoms with Gasteiger partial charge in [-0.1, -0.05) is 6.92 Å². The number of aromatic nitrogens is 4. The zero-order chi connectivity index (χ0) is 13.1. The zero-order valence-corrected chi connectivity index (χ0v) is 10.6. The van der Waals surface area contributed by atoms with Crippen LogP contribution in [0.3, 0.4) is 0 Å². The SMILES string of the molecule is CCCOc1nccc2[nH]cc(-c3ccncn3)c12. The average Bonchev–Trinajstić information content (AvgIpc) is 2.90. The molecule has 0 aliphatic carbocycles. The maximum Gasteiger partial charge on any atom is 0.223 e. The van der Waals surface area contributed by atoms with Gasteiger partial charge in [-0.05, 0) is 18.6 Å². The summed E-state index contributed by atoms with van der Waals surface area (Å²) in [5.41, 5.74) is 2.84. The number of fused-ring (bicyclic) bond motifs is 1. The Morgan fingerprint density at radius 3 is 2.95 bits per heavy atom. The topological polar surface area (TPSA) is 63.7 Å². The van der Waals surface area contributed by atoms with Crippen molar-refractivity contribution in [2.75, 3.05) is 6.61 Å². The van der Waals surface area contributed by atoms with E-state index in [1.807, 2.05) is 18.3 Å². The van der Waals surface area contributed by atoms with Gasteiger partial charge in [0, 0.05) is 24.2 Å². The summed E-state index contributed by atoms with van der Waals surface area (Å²) in [4.78, 5) is 15.8. The predicted octanol–water partition coefficient (Wildman–Crippen LogP) is 2.81. The van der Waals surface area contributed by atoms with E-state index in [1.165, 1.54) is 6.33 Å². The summed E-state index contributed by atoms with van der Waals surface area (Å²) in [7, 11) is 0. The molecule has 0 aliphatic rings. The van der Waals surface area contributed by atoms with Crippen molar-refractivity contribution >= 4 is 10.9 Å². The van der Waals surface area contributed by atoms with E-state index < -0.39 is 0 Å². The molecule has 96 valence electrons. The third-order valence-electron chi connectivity index (χ3n) is 2.86. The number of H-pyrrole nitrogens is 1. The van der Waals surface area contributed by atoms with Gasteiger partial charge >= 0.3 is 0 Å². The fourth-order valence-corrected chi connectivity index (χ4v) is 2.01. The number of rotatable bonds is 4. The summed E-state index contributed by atoms with van der Waals surface area (Å²) in [6.07, 6.45) is 7.88. The van der Waals surface area contributed by atoms with E-state index in [9.17, 15) is 0 Å². The molecule has 0 fully saturated rings. The second-order valence-electron chi connectivity index (χ2n) is 4.18. The van der Waals surface area contributed by atoms with Gasteiger partial charge in [0.05, 0.1) is 23.2 Å². The molecule has 0 unspecified atom stereocenters. The molecule has 0 amide bonds. The fourth-order valence-electron chi connectivity index (χ4n) is 2.01. The minimum absolute atomic E-state index is 0.647. The minimum atomic E-state index is 0.647. The van der Waals surface area contributed by atoms with Crippen molar-refractivity contribution in [1.29, 1.82) is 0 Å². The average molecular weight is 254 g/mol. The van der Waals surface area contributed by atoms with Crippen molar-refractivity contribution in [2.24, 2.45) is 0 Å². The van der Waals surface area contributed by atoms with Crippen LogP contribution in [0.25, 0.3) is 22.2 Å². The van der Waals surface area contributed by atoms with Crippen molar-refractivity contribution < 1.29 is 4.74 Å². The molecule has 5 nitrogen and oxygen atoms in total. The van der Waals surface area contributed by atoms with Crippen LogP contribution in [0.4, 0.5) is 0 Å². The summed E-state index contributed by atoms with van der Waals surface area (Å²) >= 11 is 0. The lowest BCUT2D eigenvalue weighted by molar-refractivity contribution is 0.309. The summed E-state index contributed by atoms with van der Waals surface area (Å²) in [6.45, 7) is 2.73. The van der Waals surface area contributed by atoms with Crippen LogP contribution in [0.1, 0.15) is 13.3 Å². The van der Waals surface area contributed by atoms with Crippen molar-refractivity contribution in [3.05, 3.63) is 37.1 Å². The molecule has 0 saturated heterocycles. The van der Waals surface area contributed by atoms with Gasteiger partial charge in [-0.15, -0.1) is 0 Å². The monoisotopic (exact) mass is 254 g/mol. The van der Waals surface area contributed by atoms with E-state index in [4.69, 9.17) is 4.74 Å². The first-order valence-corrected chi connectivity index (χ1v) is 6.25. The Balaban J connectivity index is 2.15. The Bertz CT molecular complexity index is 678. The summed E-state index contributed by atoms with van der Waals surface area (Å²) < 4.78 is 5.71. The highest BCUT2D eigenvalue weighted by atomic mass is 16.5. The number of ether oxygens (including phenoxy) is 1. The van der Waals surface area contributed by atoms with Crippen LogP contribution in [0.5, 0.6) is 5.88 Å². The molecule has 0 atom stereocenters. The number of hydrogen-bond donors (Lipinski definition) is 1. The van der Waals surface area contributed by atoms with Gasteiger partial charge in [-0.2, -0.15) is 0 Å². The Labute approximate surface area is 110 Å². The molecule has 19 heavy (non-hydrogen) atoms. The van der Waals surface area contributed by atoms with E-state index in [0.29, 0.717) is 12.5 Å². The normalized spacial score (nSPS) is 10.8. The van der Waals surface area contributed by atoms with E-state index in [0.717, 1.165) is 28.6 Å². The van der Waals surface area contributed by atoms with E-state index >= 15 is 0 Å². The van der Waals surface area contributed by atoms with E-state index in [2.05, 4.69) is 26.9 Å². The maximum absolute atomic E-state index is 5.71. The second-order valence-corrected chi connectivity index (χ2v) is 4.18. The summed E-state index contributed by atoms with van der Waals surface area (Å²) in [5.74, 6) is 0.647. The molecule has 1 N–H and O–H groups in total. The van der Waals surface area contributed by atoms with Crippen LogP contribution in [0.15, 0.2) is 37.1 Å². The molecule has 3 aromatic heterocycles. The van der Waals surface area contributed by atoms with E-state index in [-0.39, 0.29) is 0 Å². The van der Waals surface area contributed by atoms with Crippen molar-refractivity contribution in [2.45, 2.75) is 13.3 Å². The van der Waals surface area contributed by atoms with Crippen molar-refractivity contribution in [3.8, 4) is 17.1 Å². The zero-order valence-electron chi connectivity index (χ0n) is 10.6. The van der Waals surface area contributed by atoms with Gasteiger partial charge in [0.25, 0.3) is 0 Å². The first-order valence-electron chi connectivity index (χ1n) is 6.25. The molecular formula is C14H14N4O. The van der Waals surface area contributed by atoms with Crippen LogP contribution in [-0.2, 0) is 0 Å². The lowest BCUT2D eigenvalue weighted by Gasteiger charge is -2.06. The lowest BCUT2D eigenvalue weighted by atomic mass is 10.1. The predicted molar refractivity (Wildman–Crippen MR) is 72.9 cm³/mol. The Hall–Kier alpha value is -2.43. The molecule has 0 aliphatic heterocycles. The molecule has 0 bridgehead atoms. The van der Waals surface area contributed by atoms with Gasteiger partial charge in [0.1, 0.15) is 6.33 Å². The number of nitrogens with one attached hydrogen (secondary N) is 1. The molecule has 0 saturated carbocycles. The molecule has 3 rings (SSSR count). The number of hydrogen-bond acceptors (Lipinski definition) is 4. The summed E-state index contributed by atoms with van der Waals surface area (Å²) in [5, 5.41) is 0.967. The van der Waals surface area contributed by atoms with Gasteiger partial charge < -0.3 is 9.72 Å². The fraction of sp³-hybridized carbons (Fsp3) is 0.214. The highest BCUT2D eigenvalue weighted by molar-refractivity contribution is 5.97. The van der Waals surface area contributed by atoms with Gasteiger partial charge in [0.2, 0.25) is 5.88 Å². The lowest BCUT2D eigenvalue weighted by Crippen LogP contribution is -1.97. The third-order valence-corrected chi connectivity index (χ3v) is 2.86. The van der Waals surface area contributed by atoms with Crippen LogP contribution in [0, 0.1) is 0 Å². The Morgan fingerprint density at radius 1 is 1.21 bits per heavy atom. The molecule has 5 heteroatoms. The standard InChI is InChI=1S/C14H14N4O/c1-2-7-19-14-13-10(11-3-5-15-9-18-11)8-17-12(13)4-6-16-14/h3-6,8-9,17H,2,7H2,1H3. The number of pyridine rings is 1. The molecular weight excluding hydrogens is 240 g/mol. The molecule has 0 spiro atoms. The van der Waals surface area contributed by atoms with E-state index in [1.54, 1.807) is 12.4 Å². The van der Waals surface area contributed by atoms with Crippen molar-refractivity contribution in [1.82, 2.24) is 19.9 Å². The quantitative estimate of drug-likeness (QED) is 0.777. The largest absolute Gasteiger partial charge is 0.477 e. The molecule has 3 aromatic rings. The molecule has 3 heterocycles. The van der Waals surface area contributed by atoms with Gasteiger partial charge in [0.15, 0.2) is 0 Å². The highest BCUT2D eigenvalue weighted by Crippen LogP contribution is 2.32. The third kappa shape index (κ3) is 2.14. The maximum atomic E-state index is 5.71. The minimum Gasteiger partial charge on any atom is -0.477 e. The highest BCUT2D eigenvalue weighted by Gasteiger charge is 2.13. The smallest absolute Gasteiger partial charge is 0.223 e. The second kappa shape index (κ2) is 5.06. The van der Waals surface area contributed by atoms with Crippen LogP contribution in [0.2, 0.25) is 0 Å². The number of aromatic amines is 1. The first kappa shape index (κ1) is 11.6. The molecule has 0 radical (unpaired) electrons. The molecule has 0 aromatic carbocycles. The number of nitrogens with zero attached hydrogens (tertiary/aromatic N) is 3. The Kier molecular flexibility index (Phi) is 3.10. The van der Waals surface area contributed by atoms with Gasteiger partial charge in [-0.3, -0.25) is 0 Å². The van der Waals surface area contributed by atoms with Gasteiger partial charge in [-0.25, -0.2) is 15.0 Å².